The average molecular weight is 624 g/mol. The van der Waals surface area contributed by atoms with Crippen molar-refractivity contribution in [2.24, 2.45) is 10.9 Å². The summed E-state index contributed by atoms with van der Waals surface area (Å²) in [4.78, 5) is 18.6. The fraction of sp³-hybridized carbons (Fsp3) is 0.737. The number of dihydropyridines is 1. The second-order valence-corrected chi connectivity index (χ2v) is 14.0. The minimum absolute atomic E-state index is 0.0791. The number of aryl methyl sites for hydroxylation is 1. The molecule has 246 valence electrons. The van der Waals surface area contributed by atoms with Gasteiger partial charge in [0, 0.05) is 24.5 Å². The van der Waals surface area contributed by atoms with Gasteiger partial charge in [-0.25, -0.2) is 4.58 Å². The molecular formula is C38H61N3O2S. The number of unbranched alkanes of at least 4 members (excludes halogenated alkanes) is 18. The Labute approximate surface area is 273 Å². The number of nitrogens with zero attached hydrogens (tertiary/aromatic N) is 3. The maximum atomic E-state index is 13.1. The second kappa shape index (κ2) is 20.9. The zero-order valence-electron chi connectivity index (χ0n) is 28.5. The van der Waals surface area contributed by atoms with Crippen LogP contribution in [0.2, 0.25) is 0 Å². The lowest BCUT2D eigenvalue weighted by Crippen LogP contribution is -2.43. The third kappa shape index (κ3) is 11.4. The summed E-state index contributed by atoms with van der Waals surface area (Å²) in [5.74, 6) is -0.840. The molecule has 0 amide bonds. The Kier molecular flexibility index (Phi) is 17.2. The molecule has 2 heterocycles. The number of rotatable bonds is 24. The average Bonchev–Trinajstić information content (AvgIpc) is 3.35. The van der Waals surface area contributed by atoms with E-state index in [2.05, 4.69) is 28.9 Å². The molecular weight excluding hydrogens is 563 g/mol. The van der Waals surface area contributed by atoms with Crippen LogP contribution in [0, 0.1) is 19.8 Å². The summed E-state index contributed by atoms with van der Waals surface area (Å²) in [6.07, 6.45) is 32.9. The minimum Gasteiger partial charge on any atom is -0.874 e. The SMILES string of the molecule is CCCCCCCCCCCC[N+](CCCCCCCCCCCC)=C1C=CC(C2C(=O)C(c3snc(C)c3C)=C2[O-])N=C1. The topological polar surface area (TPSA) is 68.4 Å². The zero-order chi connectivity index (χ0) is 31.6. The summed E-state index contributed by atoms with van der Waals surface area (Å²) in [7, 11) is 0. The molecule has 5 nitrogen and oxygen atoms in total. The van der Waals surface area contributed by atoms with Gasteiger partial charge in [0.15, 0.2) is 5.78 Å². The number of allylic oxidation sites excluding steroid dienone is 2. The van der Waals surface area contributed by atoms with E-state index in [0.717, 1.165) is 34.9 Å². The number of carbonyl (C=O) groups excluding carboxylic acids is 1. The van der Waals surface area contributed by atoms with Gasteiger partial charge in [0.2, 0.25) is 5.71 Å². The van der Waals surface area contributed by atoms with Gasteiger partial charge >= 0.3 is 0 Å². The van der Waals surface area contributed by atoms with Crippen molar-refractivity contribution >= 4 is 34.8 Å². The molecule has 1 aromatic rings. The van der Waals surface area contributed by atoms with Gasteiger partial charge in [0.05, 0.1) is 28.7 Å². The van der Waals surface area contributed by atoms with Crippen LogP contribution in [0.3, 0.4) is 0 Å². The van der Waals surface area contributed by atoms with Crippen molar-refractivity contribution in [2.45, 2.75) is 162 Å². The molecule has 0 aromatic carbocycles. The number of hydrogen-bond acceptors (Lipinski definition) is 5. The van der Waals surface area contributed by atoms with E-state index in [1.54, 1.807) is 0 Å². The lowest BCUT2D eigenvalue weighted by Gasteiger charge is -2.38. The molecule has 0 bridgehead atoms. The summed E-state index contributed by atoms with van der Waals surface area (Å²) in [5.41, 5.74) is 3.30. The van der Waals surface area contributed by atoms with Crippen molar-refractivity contribution in [3.05, 3.63) is 34.0 Å². The summed E-state index contributed by atoms with van der Waals surface area (Å²) in [5, 5.41) is 13.1. The van der Waals surface area contributed by atoms with E-state index in [1.807, 2.05) is 26.1 Å². The minimum atomic E-state index is -0.682. The molecule has 0 radical (unpaired) electrons. The third-order valence-electron chi connectivity index (χ3n) is 9.55. The molecule has 1 aromatic heterocycles. The Morgan fingerprint density at radius 3 is 1.61 bits per heavy atom. The fourth-order valence-electron chi connectivity index (χ4n) is 6.44. The van der Waals surface area contributed by atoms with E-state index < -0.39 is 12.0 Å². The van der Waals surface area contributed by atoms with Gasteiger partial charge in [-0.2, -0.15) is 4.37 Å². The Balaban J connectivity index is 1.50. The van der Waals surface area contributed by atoms with Gasteiger partial charge in [-0.3, -0.25) is 9.79 Å². The largest absolute Gasteiger partial charge is 0.874 e. The molecule has 3 rings (SSSR count). The second-order valence-electron chi connectivity index (χ2n) is 13.2. The van der Waals surface area contributed by atoms with Crippen LogP contribution in [0.4, 0.5) is 0 Å². The van der Waals surface area contributed by atoms with Crippen molar-refractivity contribution in [1.82, 2.24) is 4.37 Å². The number of ketones is 1. The predicted molar refractivity (Wildman–Crippen MR) is 187 cm³/mol. The maximum Gasteiger partial charge on any atom is 0.217 e. The monoisotopic (exact) mass is 623 g/mol. The van der Waals surface area contributed by atoms with Gasteiger partial charge < -0.3 is 5.11 Å². The van der Waals surface area contributed by atoms with Gasteiger partial charge in [-0.1, -0.05) is 123 Å². The Morgan fingerprint density at radius 2 is 1.23 bits per heavy atom. The molecule has 0 fully saturated rings. The van der Waals surface area contributed by atoms with Crippen molar-refractivity contribution in [3.63, 3.8) is 0 Å². The maximum absolute atomic E-state index is 13.1. The molecule has 2 aliphatic rings. The fourth-order valence-corrected chi connectivity index (χ4v) is 7.39. The number of aliphatic imine (C=N–C) groups is 1. The van der Waals surface area contributed by atoms with E-state index in [-0.39, 0.29) is 11.5 Å². The van der Waals surface area contributed by atoms with Gasteiger partial charge in [0.25, 0.3) is 0 Å². The molecule has 0 N–H and O–H groups in total. The summed E-state index contributed by atoms with van der Waals surface area (Å²) in [6.45, 7) is 10.5. The molecule has 6 heteroatoms. The lowest BCUT2D eigenvalue weighted by molar-refractivity contribution is -0.526. The lowest BCUT2D eigenvalue weighted by atomic mass is 9.76. The highest BCUT2D eigenvalue weighted by molar-refractivity contribution is 7.07. The molecule has 0 spiro atoms. The van der Waals surface area contributed by atoms with Crippen molar-refractivity contribution in [2.75, 3.05) is 13.1 Å². The Bertz CT molecular complexity index is 1090. The van der Waals surface area contributed by atoms with Crippen molar-refractivity contribution in [1.29, 1.82) is 0 Å². The standard InChI is InChI=1S/C38H61N3O2S/c1-5-7-9-11-13-15-17-19-21-23-27-41(28-24-22-20-18-16-14-12-10-8-6-2)32-25-26-33(39-29-32)34-36(42)35(37(34)43)38-30(3)31(4)40-44-38/h25-26,29,33-34H,5-24,27-28H2,1-4H3. The summed E-state index contributed by atoms with van der Waals surface area (Å²) < 4.78 is 6.83. The zero-order valence-corrected chi connectivity index (χ0v) is 29.3. The molecule has 44 heavy (non-hydrogen) atoms. The molecule has 0 saturated carbocycles. The summed E-state index contributed by atoms with van der Waals surface area (Å²) in [6, 6.07) is -0.395. The van der Waals surface area contributed by atoms with E-state index >= 15 is 0 Å². The van der Waals surface area contributed by atoms with E-state index in [4.69, 9.17) is 4.99 Å². The van der Waals surface area contributed by atoms with Gasteiger partial charge in [-0.15, -0.1) is 5.76 Å². The number of carbonyl (C=O) groups is 1. The van der Waals surface area contributed by atoms with Gasteiger partial charge in [-0.05, 0) is 43.8 Å². The van der Waals surface area contributed by atoms with Crippen LogP contribution in [0.25, 0.3) is 5.57 Å². The number of Topliss-reactive ketones (excluding diaryl/α,β-unsaturated/α-hetero) is 1. The number of hydrogen-bond donors (Lipinski definition) is 0. The van der Waals surface area contributed by atoms with Crippen LogP contribution in [0.1, 0.15) is 158 Å². The first kappa shape index (κ1) is 36.4. The Morgan fingerprint density at radius 1 is 0.750 bits per heavy atom. The van der Waals surface area contributed by atoms with E-state index in [1.165, 1.54) is 140 Å². The molecule has 0 saturated heterocycles. The molecule has 1 aliphatic heterocycles. The molecule has 1 aliphatic carbocycles. The van der Waals surface area contributed by atoms with Crippen LogP contribution in [0.5, 0.6) is 0 Å². The first-order valence-electron chi connectivity index (χ1n) is 18.2. The van der Waals surface area contributed by atoms with Crippen LogP contribution < -0.4 is 5.11 Å². The highest BCUT2D eigenvalue weighted by Gasteiger charge is 2.40. The highest BCUT2D eigenvalue weighted by atomic mass is 32.1. The van der Waals surface area contributed by atoms with Crippen LogP contribution in [-0.2, 0) is 4.79 Å². The van der Waals surface area contributed by atoms with Crippen LogP contribution >= 0.6 is 11.5 Å². The predicted octanol–water partition coefficient (Wildman–Crippen LogP) is 9.33. The first-order valence-corrected chi connectivity index (χ1v) is 19.0. The molecule has 2 atom stereocenters. The smallest absolute Gasteiger partial charge is 0.217 e. The van der Waals surface area contributed by atoms with Crippen LogP contribution in [-0.4, -0.2) is 45.8 Å². The van der Waals surface area contributed by atoms with Gasteiger partial charge in [0.1, 0.15) is 13.1 Å². The van der Waals surface area contributed by atoms with Crippen molar-refractivity contribution < 1.29 is 14.5 Å². The quantitative estimate of drug-likeness (QED) is 0.0851. The van der Waals surface area contributed by atoms with Crippen molar-refractivity contribution in [3.8, 4) is 0 Å². The number of aromatic nitrogens is 1. The highest BCUT2D eigenvalue weighted by Crippen LogP contribution is 2.41. The third-order valence-corrected chi connectivity index (χ3v) is 10.6. The van der Waals surface area contributed by atoms with E-state index in [0.29, 0.717) is 5.57 Å². The Hall–Kier alpha value is -2.08. The normalized spacial score (nSPS) is 18.0. The summed E-state index contributed by atoms with van der Waals surface area (Å²) >= 11 is 1.26. The molecule has 2 unspecified atom stereocenters. The van der Waals surface area contributed by atoms with Crippen LogP contribution in [0.15, 0.2) is 22.9 Å². The first-order chi connectivity index (χ1) is 21.5. The van der Waals surface area contributed by atoms with E-state index in [9.17, 15) is 9.90 Å².